The molecule has 144 valence electrons. The second kappa shape index (κ2) is 8.35. The van der Waals surface area contributed by atoms with Crippen molar-refractivity contribution in [2.45, 2.75) is 38.8 Å². The van der Waals surface area contributed by atoms with Crippen LogP contribution in [0.25, 0.3) is 0 Å². The average Bonchev–Trinajstić information content (AvgIpc) is 3.15. The molecule has 0 spiro atoms. The van der Waals surface area contributed by atoms with Gasteiger partial charge in [0.2, 0.25) is 5.91 Å². The molecule has 1 atom stereocenters. The highest BCUT2D eigenvalue weighted by molar-refractivity contribution is 6.03. The summed E-state index contributed by atoms with van der Waals surface area (Å²) < 4.78 is 1.85. The van der Waals surface area contributed by atoms with Gasteiger partial charge in [-0.05, 0) is 30.9 Å². The molecule has 1 unspecified atom stereocenters. The van der Waals surface area contributed by atoms with Gasteiger partial charge in [0.1, 0.15) is 5.82 Å². The van der Waals surface area contributed by atoms with E-state index in [2.05, 4.69) is 10.4 Å². The summed E-state index contributed by atoms with van der Waals surface area (Å²) in [5.41, 5.74) is 6.60. The third-order valence-electron chi connectivity index (χ3n) is 5.07. The Balaban J connectivity index is 1.62. The van der Waals surface area contributed by atoms with Crippen LogP contribution in [0.4, 0.5) is 5.82 Å². The van der Waals surface area contributed by atoms with Crippen molar-refractivity contribution in [3.63, 3.8) is 0 Å². The number of rotatable bonds is 5. The van der Waals surface area contributed by atoms with Crippen molar-refractivity contribution in [2.24, 2.45) is 11.7 Å². The van der Waals surface area contributed by atoms with Crippen LogP contribution in [0.5, 0.6) is 0 Å². The third-order valence-corrected chi connectivity index (χ3v) is 5.07. The van der Waals surface area contributed by atoms with Gasteiger partial charge in [-0.1, -0.05) is 32.0 Å². The second-order valence-corrected chi connectivity index (χ2v) is 7.31. The van der Waals surface area contributed by atoms with Crippen LogP contribution in [-0.4, -0.2) is 45.6 Å². The molecule has 1 saturated heterocycles. The zero-order chi connectivity index (χ0) is 19.4. The highest BCUT2D eigenvalue weighted by Gasteiger charge is 2.29. The summed E-state index contributed by atoms with van der Waals surface area (Å²) in [7, 11) is 0. The first-order valence-corrected chi connectivity index (χ1v) is 9.41. The lowest BCUT2D eigenvalue weighted by atomic mass is 10.0. The molecular weight excluding hydrogens is 342 g/mol. The van der Waals surface area contributed by atoms with Gasteiger partial charge < -0.3 is 16.0 Å². The lowest BCUT2D eigenvalue weighted by Crippen LogP contribution is -2.49. The molecule has 7 nitrogen and oxygen atoms in total. The van der Waals surface area contributed by atoms with Crippen LogP contribution >= 0.6 is 0 Å². The summed E-state index contributed by atoms with van der Waals surface area (Å²) in [4.78, 5) is 26.7. The highest BCUT2D eigenvalue weighted by Crippen LogP contribution is 2.26. The number of hydrogen-bond acceptors (Lipinski definition) is 4. The summed E-state index contributed by atoms with van der Waals surface area (Å²) in [5, 5.41) is 7.33. The molecule has 3 rings (SSSR count). The molecule has 3 N–H and O–H groups in total. The SMILES string of the molecule is CC(C)C(N)C(=O)N1CCC(n2nccc2NC(=O)c2ccccc2)CC1. The molecule has 0 saturated carbocycles. The molecule has 7 heteroatoms. The van der Waals surface area contributed by atoms with Crippen molar-refractivity contribution in [1.29, 1.82) is 0 Å². The number of hydrogen-bond donors (Lipinski definition) is 2. The molecule has 27 heavy (non-hydrogen) atoms. The molecule has 1 aliphatic rings. The molecular formula is C20H27N5O2. The minimum Gasteiger partial charge on any atom is -0.341 e. The van der Waals surface area contributed by atoms with Gasteiger partial charge >= 0.3 is 0 Å². The van der Waals surface area contributed by atoms with Gasteiger partial charge in [0.25, 0.3) is 5.91 Å². The number of anilines is 1. The van der Waals surface area contributed by atoms with Crippen molar-refractivity contribution in [3.8, 4) is 0 Å². The summed E-state index contributed by atoms with van der Waals surface area (Å²) in [6.07, 6.45) is 3.26. The zero-order valence-corrected chi connectivity index (χ0v) is 15.8. The van der Waals surface area contributed by atoms with Gasteiger partial charge in [-0.2, -0.15) is 5.10 Å². The molecule has 1 fully saturated rings. The van der Waals surface area contributed by atoms with E-state index in [1.807, 2.05) is 41.6 Å². The fourth-order valence-corrected chi connectivity index (χ4v) is 3.31. The lowest BCUT2D eigenvalue weighted by Gasteiger charge is -2.34. The molecule has 2 aromatic rings. The minimum atomic E-state index is -0.452. The number of likely N-dealkylation sites (tertiary alicyclic amines) is 1. The van der Waals surface area contributed by atoms with Crippen LogP contribution in [0.2, 0.25) is 0 Å². The molecule has 2 amide bonds. The first kappa shape index (κ1) is 19.1. The Hall–Kier alpha value is -2.67. The van der Waals surface area contributed by atoms with E-state index in [0.717, 1.165) is 12.8 Å². The molecule has 0 bridgehead atoms. The van der Waals surface area contributed by atoms with E-state index in [9.17, 15) is 9.59 Å². The monoisotopic (exact) mass is 369 g/mol. The van der Waals surface area contributed by atoms with Gasteiger partial charge in [-0.15, -0.1) is 0 Å². The summed E-state index contributed by atoms with van der Waals surface area (Å²) in [6, 6.07) is 10.6. The van der Waals surface area contributed by atoms with Crippen LogP contribution in [0.15, 0.2) is 42.6 Å². The molecule has 2 heterocycles. The Kier molecular flexibility index (Phi) is 5.91. The van der Waals surface area contributed by atoms with Crippen LogP contribution in [0.1, 0.15) is 43.1 Å². The zero-order valence-electron chi connectivity index (χ0n) is 15.8. The minimum absolute atomic E-state index is 0.0153. The van der Waals surface area contributed by atoms with E-state index < -0.39 is 6.04 Å². The Morgan fingerprint density at radius 2 is 1.81 bits per heavy atom. The maximum atomic E-state index is 12.4. The Morgan fingerprint density at radius 3 is 2.44 bits per heavy atom. The largest absolute Gasteiger partial charge is 0.341 e. The van der Waals surface area contributed by atoms with Crippen molar-refractivity contribution >= 4 is 17.6 Å². The van der Waals surface area contributed by atoms with E-state index in [4.69, 9.17) is 5.73 Å². The average molecular weight is 369 g/mol. The summed E-state index contributed by atoms with van der Waals surface area (Å²) >= 11 is 0. The van der Waals surface area contributed by atoms with Gasteiger partial charge in [0.05, 0.1) is 18.3 Å². The first-order valence-electron chi connectivity index (χ1n) is 9.41. The van der Waals surface area contributed by atoms with Gasteiger partial charge in [0.15, 0.2) is 0 Å². The molecule has 0 aliphatic carbocycles. The predicted octanol–water partition coefficient (Wildman–Crippen LogP) is 2.28. The maximum Gasteiger partial charge on any atom is 0.256 e. The standard InChI is InChI=1S/C20H27N5O2/c1-14(2)18(21)20(27)24-12-9-16(10-13-24)25-17(8-11-22-25)23-19(26)15-6-4-3-5-7-15/h3-8,11,14,16,18H,9-10,12-13,21H2,1-2H3,(H,23,26). The number of piperidine rings is 1. The fraction of sp³-hybridized carbons (Fsp3) is 0.450. The summed E-state index contributed by atoms with van der Waals surface area (Å²) in [5.74, 6) is 0.656. The second-order valence-electron chi connectivity index (χ2n) is 7.31. The lowest BCUT2D eigenvalue weighted by molar-refractivity contribution is -0.134. The predicted molar refractivity (Wildman–Crippen MR) is 104 cm³/mol. The smallest absolute Gasteiger partial charge is 0.256 e. The number of benzene rings is 1. The summed E-state index contributed by atoms with van der Waals surface area (Å²) in [6.45, 7) is 5.22. The highest BCUT2D eigenvalue weighted by atomic mass is 16.2. The Labute approximate surface area is 159 Å². The van der Waals surface area contributed by atoms with Crippen LogP contribution < -0.4 is 11.1 Å². The van der Waals surface area contributed by atoms with Crippen molar-refractivity contribution in [2.75, 3.05) is 18.4 Å². The van der Waals surface area contributed by atoms with Gasteiger partial charge in [-0.3, -0.25) is 9.59 Å². The Morgan fingerprint density at radius 1 is 1.15 bits per heavy atom. The number of aromatic nitrogens is 2. The van der Waals surface area contributed by atoms with E-state index >= 15 is 0 Å². The number of carbonyl (C=O) groups is 2. The quantitative estimate of drug-likeness (QED) is 0.845. The van der Waals surface area contributed by atoms with E-state index in [0.29, 0.717) is 24.5 Å². The van der Waals surface area contributed by atoms with E-state index in [1.54, 1.807) is 24.4 Å². The number of amides is 2. The number of carbonyl (C=O) groups excluding carboxylic acids is 2. The van der Waals surface area contributed by atoms with Crippen LogP contribution in [-0.2, 0) is 4.79 Å². The van der Waals surface area contributed by atoms with Crippen LogP contribution in [0.3, 0.4) is 0 Å². The number of nitrogens with zero attached hydrogens (tertiary/aromatic N) is 3. The fourth-order valence-electron chi connectivity index (χ4n) is 3.31. The first-order chi connectivity index (χ1) is 13.0. The maximum absolute atomic E-state index is 12.4. The van der Waals surface area contributed by atoms with Gasteiger partial charge in [0, 0.05) is 24.7 Å². The third kappa shape index (κ3) is 4.36. The Bertz CT molecular complexity index is 779. The molecule has 1 aliphatic heterocycles. The number of nitrogens with two attached hydrogens (primary N) is 1. The molecule has 1 aromatic carbocycles. The number of nitrogens with one attached hydrogen (secondary N) is 1. The van der Waals surface area contributed by atoms with Gasteiger partial charge in [-0.25, -0.2) is 4.68 Å². The molecule has 0 radical (unpaired) electrons. The van der Waals surface area contributed by atoms with E-state index in [-0.39, 0.29) is 23.8 Å². The topological polar surface area (TPSA) is 93.2 Å². The van der Waals surface area contributed by atoms with Crippen molar-refractivity contribution in [3.05, 3.63) is 48.2 Å². The molecule has 1 aromatic heterocycles. The van der Waals surface area contributed by atoms with Crippen molar-refractivity contribution < 1.29 is 9.59 Å². The van der Waals surface area contributed by atoms with Crippen LogP contribution in [0, 0.1) is 5.92 Å². The normalized spacial score (nSPS) is 16.4. The van der Waals surface area contributed by atoms with Crippen molar-refractivity contribution in [1.82, 2.24) is 14.7 Å². The van der Waals surface area contributed by atoms with E-state index in [1.165, 1.54) is 0 Å².